The van der Waals surface area contributed by atoms with Gasteiger partial charge in [0.2, 0.25) is 0 Å². The highest BCUT2D eigenvalue weighted by molar-refractivity contribution is 7.21. The zero-order chi connectivity index (χ0) is 15.7. The van der Waals surface area contributed by atoms with Crippen molar-refractivity contribution in [2.24, 2.45) is 5.92 Å². The summed E-state index contributed by atoms with van der Waals surface area (Å²) in [6.45, 7) is 5.23. The summed E-state index contributed by atoms with van der Waals surface area (Å²) >= 11 is 1.17. The molecular formula is C15H16FNO3S. The fourth-order valence-electron chi connectivity index (χ4n) is 2.14. The molecule has 2 N–H and O–H groups in total. The fourth-order valence-corrected chi connectivity index (χ4v) is 3.27. The van der Waals surface area contributed by atoms with Gasteiger partial charge < -0.3 is 10.4 Å². The summed E-state index contributed by atoms with van der Waals surface area (Å²) in [5.41, 5.74) is 0.736. The van der Waals surface area contributed by atoms with Gasteiger partial charge in [-0.05, 0) is 35.9 Å². The van der Waals surface area contributed by atoms with E-state index in [-0.39, 0.29) is 11.7 Å². The first-order chi connectivity index (χ1) is 9.81. The largest absolute Gasteiger partial charge is 0.480 e. The van der Waals surface area contributed by atoms with Gasteiger partial charge in [-0.3, -0.25) is 4.79 Å². The number of hydrogen-bond donors (Lipinski definition) is 2. The van der Waals surface area contributed by atoms with Gasteiger partial charge in [-0.2, -0.15) is 0 Å². The van der Waals surface area contributed by atoms with Gasteiger partial charge in [-0.1, -0.05) is 19.9 Å². The number of amides is 1. The molecule has 4 nitrogen and oxygen atoms in total. The molecular weight excluding hydrogens is 293 g/mol. The minimum absolute atomic E-state index is 0.224. The molecule has 0 radical (unpaired) electrons. The lowest BCUT2D eigenvalue weighted by Gasteiger charge is -2.17. The van der Waals surface area contributed by atoms with E-state index in [0.717, 1.165) is 10.9 Å². The van der Waals surface area contributed by atoms with Crippen molar-refractivity contribution < 1.29 is 19.1 Å². The van der Waals surface area contributed by atoms with Gasteiger partial charge in [0.05, 0.1) is 4.88 Å². The second kappa shape index (κ2) is 5.81. The molecule has 0 aliphatic rings. The number of benzene rings is 1. The Kier molecular flexibility index (Phi) is 4.27. The molecule has 1 aromatic carbocycles. The number of carboxylic acids is 1. The molecule has 0 fully saturated rings. The number of thiophene rings is 1. The molecule has 0 aliphatic heterocycles. The Morgan fingerprint density at radius 3 is 2.57 bits per heavy atom. The van der Waals surface area contributed by atoms with Gasteiger partial charge in [0.25, 0.3) is 5.91 Å². The summed E-state index contributed by atoms with van der Waals surface area (Å²) in [6, 6.07) is 3.40. The number of aliphatic carboxylic acids is 1. The van der Waals surface area contributed by atoms with E-state index >= 15 is 0 Å². The van der Waals surface area contributed by atoms with Crippen molar-refractivity contribution in [1.29, 1.82) is 0 Å². The molecule has 21 heavy (non-hydrogen) atoms. The number of halogens is 1. The monoisotopic (exact) mass is 309 g/mol. The van der Waals surface area contributed by atoms with Gasteiger partial charge >= 0.3 is 5.97 Å². The highest BCUT2D eigenvalue weighted by Crippen LogP contribution is 2.31. The van der Waals surface area contributed by atoms with Crippen molar-refractivity contribution >= 4 is 33.3 Å². The zero-order valence-corrected chi connectivity index (χ0v) is 12.8. The number of hydrogen-bond acceptors (Lipinski definition) is 3. The van der Waals surface area contributed by atoms with Crippen LogP contribution in [0.15, 0.2) is 18.2 Å². The van der Waals surface area contributed by atoms with Crippen LogP contribution in [-0.2, 0) is 4.79 Å². The van der Waals surface area contributed by atoms with Gasteiger partial charge in [0, 0.05) is 4.70 Å². The van der Waals surface area contributed by atoms with Gasteiger partial charge in [-0.25, -0.2) is 9.18 Å². The van der Waals surface area contributed by atoms with Crippen LogP contribution in [0.1, 0.15) is 29.1 Å². The summed E-state index contributed by atoms with van der Waals surface area (Å²) in [7, 11) is 0. The van der Waals surface area contributed by atoms with Gasteiger partial charge in [0.15, 0.2) is 0 Å². The van der Waals surface area contributed by atoms with E-state index in [4.69, 9.17) is 5.11 Å². The molecule has 112 valence electrons. The minimum Gasteiger partial charge on any atom is -0.480 e. The van der Waals surface area contributed by atoms with Crippen molar-refractivity contribution in [1.82, 2.24) is 5.32 Å². The zero-order valence-electron chi connectivity index (χ0n) is 11.9. The predicted octanol–water partition coefficient (Wildman–Crippen LogP) is 3.19. The van der Waals surface area contributed by atoms with E-state index in [9.17, 15) is 14.0 Å². The van der Waals surface area contributed by atoms with E-state index in [1.54, 1.807) is 26.8 Å². The van der Waals surface area contributed by atoms with Crippen LogP contribution in [0.25, 0.3) is 10.1 Å². The lowest BCUT2D eigenvalue weighted by Crippen LogP contribution is -2.44. The summed E-state index contributed by atoms with van der Waals surface area (Å²) in [5.74, 6) is -2.08. The Hall–Kier alpha value is -1.95. The first-order valence-corrected chi connectivity index (χ1v) is 7.35. The van der Waals surface area contributed by atoms with Crippen LogP contribution in [0.3, 0.4) is 0 Å². The molecule has 0 saturated heterocycles. The third kappa shape index (κ3) is 3.05. The third-order valence-electron chi connectivity index (χ3n) is 3.33. The number of nitrogens with one attached hydrogen (secondary N) is 1. The first-order valence-electron chi connectivity index (χ1n) is 6.53. The molecule has 1 atom stereocenters. The Labute approximate surface area is 125 Å². The Morgan fingerprint density at radius 1 is 1.33 bits per heavy atom. The molecule has 0 bridgehead atoms. The average molecular weight is 309 g/mol. The Balaban J connectivity index is 2.35. The van der Waals surface area contributed by atoms with Crippen molar-refractivity contribution in [3.63, 3.8) is 0 Å². The highest BCUT2D eigenvalue weighted by Gasteiger charge is 2.25. The number of carbonyl (C=O) groups is 2. The number of carboxylic acid groups (broad SMARTS) is 1. The number of rotatable bonds is 4. The van der Waals surface area contributed by atoms with Gasteiger partial charge in [-0.15, -0.1) is 11.3 Å². The molecule has 1 aromatic heterocycles. The maximum absolute atomic E-state index is 13.2. The maximum Gasteiger partial charge on any atom is 0.326 e. The standard InChI is InChI=1S/C15H16FNO3S/c1-7(2)12(15(19)20)17-14(18)13-8(3)10-5-4-9(16)6-11(10)21-13/h4-7,12H,1-3H3,(H,17,18)(H,19,20). The van der Waals surface area contributed by atoms with Crippen LogP contribution < -0.4 is 5.32 Å². The summed E-state index contributed by atoms with van der Waals surface area (Å²) < 4.78 is 13.9. The summed E-state index contributed by atoms with van der Waals surface area (Å²) in [6.07, 6.45) is 0. The van der Waals surface area contributed by atoms with E-state index < -0.39 is 17.9 Å². The molecule has 2 rings (SSSR count). The van der Waals surface area contributed by atoms with Crippen LogP contribution in [0.4, 0.5) is 4.39 Å². The maximum atomic E-state index is 13.2. The molecule has 2 aromatic rings. The number of fused-ring (bicyclic) bond motifs is 1. The fraction of sp³-hybridized carbons (Fsp3) is 0.333. The Bertz CT molecular complexity index is 708. The smallest absolute Gasteiger partial charge is 0.326 e. The van der Waals surface area contributed by atoms with E-state index in [0.29, 0.717) is 9.58 Å². The van der Waals surface area contributed by atoms with Crippen molar-refractivity contribution in [2.45, 2.75) is 26.8 Å². The number of carbonyl (C=O) groups excluding carboxylic acids is 1. The molecule has 6 heteroatoms. The SMILES string of the molecule is Cc1c(C(=O)NC(C(=O)O)C(C)C)sc2cc(F)ccc12. The first kappa shape index (κ1) is 15.4. The highest BCUT2D eigenvalue weighted by atomic mass is 32.1. The van der Waals surface area contributed by atoms with Crippen molar-refractivity contribution in [2.75, 3.05) is 0 Å². The van der Waals surface area contributed by atoms with E-state index in [1.165, 1.54) is 23.5 Å². The van der Waals surface area contributed by atoms with Crippen LogP contribution in [0, 0.1) is 18.7 Å². The van der Waals surface area contributed by atoms with Crippen LogP contribution in [0.2, 0.25) is 0 Å². The number of aryl methyl sites for hydroxylation is 1. The second-order valence-electron chi connectivity index (χ2n) is 5.23. The normalized spacial score (nSPS) is 12.6. The minimum atomic E-state index is -1.07. The molecule has 0 saturated carbocycles. The quantitative estimate of drug-likeness (QED) is 0.911. The lowest BCUT2D eigenvalue weighted by atomic mass is 10.0. The lowest BCUT2D eigenvalue weighted by molar-refractivity contribution is -0.140. The predicted molar refractivity (Wildman–Crippen MR) is 80.2 cm³/mol. The molecule has 1 amide bonds. The molecule has 1 heterocycles. The van der Waals surface area contributed by atoms with E-state index in [2.05, 4.69) is 5.32 Å². The van der Waals surface area contributed by atoms with Crippen LogP contribution in [-0.4, -0.2) is 23.0 Å². The van der Waals surface area contributed by atoms with Gasteiger partial charge in [0.1, 0.15) is 11.9 Å². The second-order valence-corrected chi connectivity index (χ2v) is 6.28. The summed E-state index contributed by atoms with van der Waals surface area (Å²) in [5, 5.41) is 12.5. The van der Waals surface area contributed by atoms with Crippen molar-refractivity contribution in [3.8, 4) is 0 Å². The molecule has 0 aliphatic carbocycles. The third-order valence-corrected chi connectivity index (χ3v) is 4.58. The van der Waals surface area contributed by atoms with Crippen LogP contribution >= 0.6 is 11.3 Å². The molecule has 1 unspecified atom stereocenters. The Morgan fingerprint density at radius 2 is 2.00 bits per heavy atom. The van der Waals surface area contributed by atoms with E-state index in [1.807, 2.05) is 0 Å². The van der Waals surface area contributed by atoms with Crippen LogP contribution in [0.5, 0.6) is 0 Å². The molecule has 0 spiro atoms. The average Bonchev–Trinajstić information content (AvgIpc) is 2.71. The van der Waals surface area contributed by atoms with Crippen molar-refractivity contribution in [3.05, 3.63) is 34.5 Å². The summed E-state index contributed by atoms with van der Waals surface area (Å²) in [4.78, 5) is 23.8. The topological polar surface area (TPSA) is 66.4 Å².